The number of hydrogen-bond acceptors (Lipinski definition) is 6. The van der Waals surface area contributed by atoms with Crippen molar-refractivity contribution in [3.8, 4) is 0 Å². The van der Waals surface area contributed by atoms with E-state index in [0.29, 0.717) is 12.3 Å². The molecule has 3 rings (SSSR count). The molecule has 0 N–H and O–H groups in total. The van der Waals surface area contributed by atoms with Crippen LogP contribution in [0.15, 0.2) is 28.0 Å². The van der Waals surface area contributed by atoms with Crippen LogP contribution < -0.4 is 4.90 Å². The molecule has 0 spiro atoms. The van der Waals surface area contributed by atoms with Gasteiger partial charge in [0.05, 0.1) is 18.6 Å². The van der Waals surface area contributed by atoms with Gasteiger partial charge in [-0.05, 0) is 37.8 Å². The summed E-state index contributed by atoms with van der Waals surface area (Å²) in [4.78, 5) is 13.6. The van der Waals surface area contributed by atoms with E-state index >= 15 is 0 Å². The third kappa shape index (κ3) is 3.96. The highest BCUT2D eigenvalue weighted by Gasteiger charge is 2.23. The van der Waals surface area contributed by atoms with Crippen LogP contribution in [0.25, 0.3) is 0 Å². The lowest BCUT2D eigenvalue weighted by molar-refractivity contribution is -0.114. The minimum Gasteiger partial charge on any atom is -0.467 e. The van der Waals surface area contributed by atoms with Crippen molar-refractivity contribution in [3.63, 3.8) is 0 Å². The van der Waals surface area contributed by atoms with Crippen molar-refractivity contribution in [2.24, 2.45) is 5.92 Å². The highest BCUT2D eigenvalue weighted by atomic mass is 32.2. The number of thioether (sulfide) groups is 1. The summed E-state index contributed by atoms with van der Waals surface area (Å²) in [5, 5.41) is 9.46. The van der Waals surface area contributed by atoms with Crippen LogP contribution in [0.1, 0.15) is 32.4 Å². The normalized spacial score (nSPS) is 16.0. The van der Waals surface area contributed by atoms with E-state index in [2.05, 4.69) is 26.6 Å². The Morgan fingerprint density at radius 2 is 2.17 bits per heavy atom. The van der Waals surface area contributed by atoms with Crippen molar-refractivity contribution in [1.82, 2.24) is 14.8 Å². The van der Waals surface area contributed by atoms with Crippen LogP contribution in [0.3, 0.4) is 0 Å². The van der Waals surface area contributed by atoms with Crippen molar-refractivity contribution < 1.29 is 9.21 Å². The highest BCUT2D eigenvalue weighted by molar-refractivity contribution is 7.99. The zero-order chi connectivity index (χ0) is 16.2. The Hall–Kier alpha value is -1.76. The minimum absolute atomic E-state index is 0.135. The lowest BCUT2D eigenvalue weighted by Crippen LogP contribution is -2.35. The van der Waals surface area contributed by atoms with E-state index in [9.17, 15) is 4.79 Å². The summed E-state index contributed by atoms with van der Waals surface area (Å²) >= 11 is 1.43. The fourth-order valence-electron chi connectivity index (χ4n) is 2.69. The quantitative estimate of drug-likeness (QED) is 0.757. The molecule has 0 bridgehead atoms. The lowest BCUT2D eigenvalue weighted by Gasteiger charge is -2.31. The van der Waals surface area contributed by atoms with Gasteiger partial charge in [0.2, 0.25) is 5.95 Å². The van der Waals surface area contributed by atoms with Gasteiger partial charge in [0.1, 0.15) is 11.5 Å². The zero-order valence-electron chi connectivity index (χ0n) is 13.6. The van der Waals surface area contributed by atoms with Crippen LogP contribution in [-0.4, -0.2) is 39.4 Å². The monoisotopic (exact) mass is 334 g/mol. The Balaban J connectivity index is 1.84. The number of anilines is 1. The third-order valence-corrected chi connectivity index (χ3v) is 5.17. The van der Waals surface area contributed by atoms with Crippen molar-refractivity contribution in [3.05, 3.63) is 24.2 Å². The number of Topliss-reactive ketones (excluding diaryl/α,β-unsaturated/α-hetero) is 1. The van der Waals surface area contributed by atoms with Gasteiger partial charge in [0.25, 0.3) is 0 Å². The zero-order valence-corrected chi connectivity index (χ0v) is 14.4. The topological polar surface area (TPSA) is 64.2 Å². The Kier molecular flexibility index (Phi) is 5.05. The molecule has 3 heterocycles. The van der Waals surface area contributed by atoms with E-state index < -0.39 is 0 Å². The van der Waals surface area contributed by atoms with Gasteiger partial charge in [0, 0.05) is 13.1 Å². The molecular weight excluding hydrogens is 312 g/mol. The first kappa shape index (κ1) is 16.1. The predicted octanol–water partition coefficient (Wildman–Crippen LogP) is 2.84. The second kappa shape index (κ2) is 7.21. The Morgan fingerprint density at radius 3 is 2.83 bits per heavy atom. The van der Waals surface area contributed by atoms with E-state index in [4.69, 9.17) is 4.42 Å². The first-order valence-electron chi connectivity index (χ1n) is 7.96. The van der Waals surface area contributed by atoms with E-state index in [1.165, 1.54) is 24.6 Å². The molecule has 1 aliphatic heterocycles. The minimum atomic E-state index is 0.135. The van der Waals surface area contributed by atoms with Crippen LogP contribution in [0, 0.1) is 5.92 Å². The molecule has 0 aliphatic carbocycles. The van der Waals surface area contributed by atoms with Crippen LogP contribution in [0.4, 0.5) is 5.95 Å². The molecule has 0 aromatic carbocycles. The molecule has 0 amide bonds. The molecule has 7 heteroatoms. The summed E-state index contributed by atoms with van der Waals surface area (Å²) in [6.07, 6.45) is 4.01. The molecule has 1 fully saturated rings. The van der Waals surface area contributed by atoms with Gasteiger partial charge in [-0.25, -0.2) is 0 Å². The predicted molar refractivity (Wildman–Crippen MR) is 89.8 cm³/mol. The molecular formula is C16H22N4O2S. The van der Waals surface area contributed by atoms with Crippen LogP contribution in [-0.2, 0) is 11.3 Å². The van der Waals surface area contributed by atoms with Crippen molar-refractivity contribution >= 4 is 23.5 Å². The van der Waals surface area contributed by atoms with Crippen LogP contribution >= 0.6 is 11.8 Å². The van der Waals surface area contributed by atoms with Crippen molar-refractivity contribution in [2.75, 3.05) is 23.7 Å². The average molecular weight is 334 g/mol. The summed E-state index contributed by atoms with van der Waals surface area (Å²) < 4.78 is 7.53. The lowest BCUT2D eigenvalue weighted by atomic mass is 10.00. The largest absolute Gasteiger partial charge is 0.467 e. The number of carbonyl (C=O) groups is 1. The van der Waals surface area contributed by atoms with Gasteiger partial charge >= 0.3 is 0 Å². The summed E-state index contributed by atoms with van der Waals surface area (Å²) in [6, 6.07) is 3.83. The number of aromatic nitrogens is 3. The van der Waals surface area contributed by atoms with Crippen LogP contribution in [0.5, 0.6) is 0 Å². The number of ketones is 1. The molecule has 1 saturated heterocycles. The Morgan fingerprint density at radius 1 is 1.39 bits per heavy atom. The molecule has 124 valence electrons. The fraction of sp³-hybridized carbons (Fsp3) is 0.562. The Labute approximate surface area is 140 Å². The fourth-order valence-corrected chi connectivity index (χ4v) is 3.43. The van der Waals surface area contributed by atoms with Crippen molar-refractivity contribution in [2.45, 2.75) is 38.4 Å². The Bertz CT molecular complexity index is 645. The maximum Gasteiger partial charge on any atom is 0.228 e. The first-order chi connectivity index (χ1) is 11.1. The van der Waals surface area contributed by atoms with Gasteiger partial charge in [-0.2, -0.15) is 0 Å². The molecule has 0 atom stereocenters. The summed E-state index contributed by atoms with van der Waals surface area (Å²) in [7, 11) is 0. The molecule has 23 heavy (non-hydrogen) atoms. The number of nitrogens with zero attached hydrogens (tertiary/aromatic N) is 4. The number of furan rings is 1. The molecule has 2 aromatic rings. The maximum atomic E-state index is 11.3. The summed E-state index contributed by atoms with van der Waals surface area (Å²) in [5.41, 5.74) is 0. The van der Waals surface area contributed by atoms with Gasteiger partial charge < -0.3 is 9.32 Å². The number of rotatable bonds is 6. The highest BCUT2D eigenvalue weighted by Crippen LogP contribution is 2.27. The second-order valence-corrected chi connectivity index (χ2v) is 7.05. The molecule has 0 saturated carbocycles. The van der Waals surface area contributed by atoms with E-state index in [1.807, 2.05) is 12.1 Å². The number of piperidine rings is 1. The smallest absolute Gasteiger partial charge is 0.228 e. The number of carbonyl (C=O) groups excluding carboxylic acids is 1. The summed E-state index contributed by atoms with van der Waals surface area (Å²) in [5.74, 6) is 3.04. The van der Waals surface area contributed by atoms with Crippen molar-refractivity contribution in [1.29, 1.82) is 0 Å². The van der Waals surface area contributed by atoms with E-state index in [-0.39, 0.29) is 5.78 Å². The molecule has 0 radical (unpaired) electrons. The van der Waals surface area contributed by atoms with Gasteiger partial charge in [-0.1, -0.05) is 18.7 Å². The van der Waals surface area contributed by atoms with Crippen LogP contribution in [0.2, 0.25) is 0 Å². The average Bonchev–Trinajstić information content (AvgIpc) is 3.17. The standard InChI is InChI=1S/C16H22N4O2S/c1-12-5-7-19(8-6-12)15-17-18-16(23-11-13(2)21)20(15)10-14-4-3-9-22-14/h3-4,9,12H,5-8,10-11H2,1-2H3. The number of hydrogen-bond donors (Lipinski definition) is 0. The first-order valence-corrected chi connectivity index (χ1v) is 8.95. The van der Waals surface area contributed by atoms with Gasteiger partial charge in [0.15, 0.2) is 5.16 Å². The van der Waals surface area contributed by atoms with E-state index in [1.54, 1.807) is 13.2 Å². The van der Waals surface area contributed by atoms with E-state index in [0.717, 1.165) is 35.9 Å². The second-order valence-electron chi connectivity index (χ2n) is 6.11. The summed E-state index contributed by atoms with van der Waals surface area (Å²) in [6.45, 7) is 6.46. The third-order valence-electron chi connectivity index (χ3n) is 4.06. The molecule has 6 nitrogen and oxygen atoms in total. The molecule has 2 aromatic heterocycles. The molecule has 0 unspecified atom stereocenters. The SMILES string of the molecule is CC(=O)CSc1nnc(N2CCC(C)CC2)n1Cc1ccco1. The van der Waals surface area contributed by atoms with Gasteiger partial charge in [-0.3, -0.25) is 9.36 Å². The molecule has 1 aliphatic rings. The van der Waals surface area contributed by atoms with Gasteiger partial charge in [-0.15, -0.1) is 10.2 Å². The maximum absolute atomic E-state index is 11.3.